The normalized spacial score (nSPS) is 16.8. The molecule has 8 aromatic rings. The Morgan fingerprint density at radius 1 is 0.582 bits per heavy atom. The van der Waals surface area contributed by atoms with Gasteiger partial charge in [0.25, 0.3) is 0 Å². The summed E-state index contributed by atoms with van der Waals surface area (Å²) >= 11 is 0. The van der Waals surface area contributed by atoms with Gasteiger partial charge in [0.15, 0.2) is 0 Å². The zero-order chi connectivity index (χ0) is 45.6. The minimum atomic E-state index is -1.48. The lowest BCUT2D eigenvalue weighted by atomic mass is 9.83. The molecule has 1 unspecified atom stereocenters. The first-order valence-corrected chi connectivity index (χ1v) is 26.9. The maximum Gasteiger partial charge on any atom is 0.137 e. The van der Waals surface area contributed by atoms with E-state index in [2.05, 4.69) is 244 Å². The lowest BCUT2D eigenvalue weighted by Crippen LogP contribution is -2.37. The van der Waals surface area contributed by atoms with Crippen molar-refractivity contribution in [3.05, 3.63) is 218 Å². The van der Waals surface area contributed by atoms with Crippen LogP contribution in [0.3, 0.4) is 0 Å². The molecule has 0 aromatic heterocycles. The molecule has 0 saturated heterocycles. The highest BCUT2D eigenvalue weighted by molar-refractivity contribution is 6.88. The summed E-state index contributed by atoms with van der Waals surface area (Å²) in [5.74, 6) is 3.34. The smallest absolute Gasteiger partial charge is 0.137 e. The fourth-order valence-corrected chi connectivity index (χ4v) is 11.8. The van der Waals surface area contributed by atoms with Crippen molar-refractivity contribution in [1.29, 1.82) is 0 Å². The average Bonchev–Trinajstić information content (AvgIpc) is 3.54. The molecule has 5 heteroatoms. The quantitative estimate of drug-likeness (QED) is 0.142. The Bertz CT molecular complexity index is 3490. The molecule has 0 N–H and O–H groups in total. The van der Waals surface area contributed by atoms with Gasteiger partial charge in [0, 0.05) is 68.4 Å². The van der Waals surface area contributed by atoms with E-state index in [0.29, 0.717) is 0 Å². The molecule has 326 valence electrons. The van der Waals surface area contributed by atoms with E-state index in [1.54, 1.807) is 0 Å². The largest absolute Gasteiger partial charge is 0.456 e. The summed E-state index contributed by atoms with van der Waals surface area (Å²) < 4.78 is 13.8. The van der Waals surface area contributed by atoms with Crippen LogP contribution in [-0.4, -0.2) is 14.1 Å². The van der Waals surface area contributed by atoms with Crippen LogP contribution in [0.4, 0.5) is 22.7 Å². The van der Waals surface area contributed by atoms with Crippen LogP contribution in [0.2, 0.25) is 19.6 Å². The zero-order valence-corrected chi connectivity index (χ0v) is 39.7. The topological polar surface area (TPSA) is 24.9 Å². The number of hydrogen-bond acceptors (Lipinski definition) is 4. The Kier molecular flexibility index (Phi) is 9.46. The van der Waals surface area contributed by atoms with Crippen LogP contribution in [0, 0.1) is 0 Å². The molecule has 67 heavy (non-hydrogen) atoms. The highest BCUT2D eigenvalue weighted by Crippen LogP contribution is 2.56. The summed E-state index contributed by atoms with van der Waals surface area (Å²) in [6.07, 6.45) is 16.3. The Labute approximate surface area is 394 Å². The van der Waals surface area contributed by atoms with E-state index in [-0.39, 0.29) is 11.5 Å². The Hall–Kier alpha value is -7.60. The van der Waals surface area contributed by atoms with Crippen molar-refractivity contribution < 1.29 is 9.47 Å². The summed E-state index contributed by atoms with van der Waals surface area (Å²) in [5.41, 5.74) is 13.5. The van der Waals surface area contributed by atoms with Crippen molar-refractivity contribution in [3.63, 3.8) is 0 Å². The summed E-state index contributed by atoms with van der Waals surface area (Å²) in [7, 11) is -1.48. The predicted molar refractivity (Wildman–Crippen MR) is 285 cm³/mol. The average molecular weight is 885 g/mol. The van der Waals surface area contributed by atoms with Gasteiger partial charge >= 0.3 is 0 Å². The highest BCUT2D eigenvalue weighted by atomic mass is 28.3. The third-order valence-electron chi connectivity index (χ3n) is 14.4. The molecule has 8 aromatic carbocycles. The van der Waals surface area contributed by atoms with Crippen molar-refractivity contribution >= 4 is 63.1 Å². The first-order valence-electron chi connectivity index (χ1n) is 23.4. The van der Waals surface area contributed by atoms with Crippen LogP contribution < -0.4 is 24.5 Å². The molecule has 4 aliphatic rings. The number of nitrogens with zero attached hydrogens (tertiary/aromatic N) is 2. The van der Waals surface area contributed by atoms with Gasteiger partial charge in [0.2, 0.25) is 0 Å². The third kappa shape index (κ3) is 6.79. The predicted octanol–water partition coefficient (Wildman–Crippen LogP) is 16.7. The SMILES string of the molecule is C=C1/C(=C\C=C\N(c2ccc3c(c2)Oc2ccc4c5c(ccc-3c25)Oc2cc(N(c3ccc([Si](C)(C)C)cc3)c3ccc5ccccc5c3)ccc2-4)C2C=CC=CC2)c2ccccc2C1(C)C. The minimum absolute atomic E-state index is 0.109. The standard InChI is InChI=1S/C62H52N2O2Si/c1-40-49(50-19-12-13-21-55(50)62(40,2)3)20-14-36-63(43-17-8-7-9-18-43)45-26-30-51-53-32-35-57-61-54(33-34-56(60(53)61)65-58(51)38-45)52-31-27-47(39-59(52)66-57)64(44-24-28-48(29-25-44)67(4,5)6)46-23-22-41-15-10-11-16-42(41)37-46/h7-17,19-39,43H,1,18H2,2-6H3/b36-14+,49-20+. The van der Waals surface area contributed by atoms with E-state index in [1.807, 2.05) is 0 Å². The lowest BCUT2D eigenvalue weighted by Gasteiger charge is -2.31. The number of ether oxygens (including phenoxy) is 2. The Morgan fingerprint density at radius 3 is 1.87 bits per heavy atom. The second kappa shape index (κ2) is 15.5. The van der Waals surface area contributed by atoms with Crippen LogP contribution in [0.25, 0.3) is 49.4 Å². The minimum Gasteiger partial charge on any atom is -0.456 e. The van der Waals surface area contributed by atoms with Gasteiger partial charge in [-0.05, 0) is 129 Å². The van der Waals surface area contributed by atoms with E-state index >= 15 is 0 Å². The van der Waals surface area contributed by atoms with Gasteiger partial charge in [-0.3, -0.25) is 0 Å². The van der Waals surface area contributed by atoms with Gasteiger partial charge in [-0.1, -0.05) is 142 Å². The van der Waals surface area contributed by atoms with Gasteiger partial charge in [0.05, 0.1) is 14.1 Å². The molecule has 4 nitrogen and oxygen atoms in total. The molecule has 0 saturated carbocycles. The highest BCUT2D eigenvalue weighted by Gasteiger charge is 2.36. The molecule has 0 fully saturated rings. The van der Waals surface area contributed by atoms with Crippen LogP contribution >= 0.6 is 0 Å². The van der Waals surface area contributed by atoms with Gasteiger partial charge in [0.1, 0.15) is 23.0 Å². The maximum atomic E-state index is 6.93. The van der Waals surface area contributed by atoms with Crippen LogP contribution in [0.5, 0.6) is 23.0 Å². The fraction of sp³-hybridized carbons (Fsp3) is 0.129. The second-order valence-corrected chi connectivity index (χ2v) is 24.9. The van der Waals surface area contributed by atoms with E-state index in [1.165, 1.54) is 32.7 Å². The molecule has 0 amide bonds. The molecule has 2 aliphatic heterocycles. The molecule has 2 aliphatic carbocycles. The second-order valence-electron chi connectivity index (χ2n) is 19.8. The van der Waals surface area contributed by atoms with Crippen LogP contribution in [0.15, 0.2) is 206 Å². The molecule has 12 rings (SSSR count). The van der Waals surface area contributed by atoms with E-state index < -0.39 is 8.07 Å². The molecule has 0 spiro atoms. The van der Waals surface area contributed by atoms with Crippen molar-refractivity contribution in [2.45, 2.75) is 51.4 Å². The summed E-state index contributed by atoms with van der Waals surface area (Å²) in [5, 5.41) is 6.02. The fourth-order valence-electron chi connectivity index (χ4n) is 10.6. The summed E-state index contributed by atoms with van der Waals surface area (Å²) in [6, 6.07) is 55.3. The molecular formula is C62H52N2O2Si. The van der Waals surface area contributed by atoms with Crippen molar-refractivity contribution in [3.8, 4) is 45.3 Å². The maximum absolute atomic E-state index is 6.93. The molecule has 2 heterocycles. The van der Waals surface area contributed by atoms with Gasteiger partial charge < -0.3 is 19.3 Å². The molecule has 0 bridgehead atoms. The van der Waals surface area contributed by atoms with Crippen LogP contribution in [0.1, 0.15) is 31.4 Å². The third-order valence-corrected chi connectivity index (χ3v) is 16.4. The molecular weight excluding hydrogens is 833 g/mol. The molecule has 1 atom stereocenters. The zero-order valence-electron chi connectivity index (χ0n) is 38.7. The Balaban J connectivity index is 0.901. The van der Waals surface area contributed by atoms with E-state index in [9.17, 15) is 0 Å². The number of rotatable bonds is 8. The first kappa shape index (κ1) is 40.9. The molecule has 0 radical (unpaired) electrons. The summed E-state index contributed by atoms with van der Waals surface area (Å²) in [6.45, 7) is 16.3. The first-order chi connectivity index (χ1) is 32.5. The van der Waals surface area contributed by atoms with Gasteiger partial charge in [-0.2, -0.15) is 0 Å². The number of anilines is 4. The number of fused-ring (bicyclic) bond motifs is 6. The van der Waals surface area contributed by atoms with Gasteiger partial charge in [-0.15, -0.1) is 0 Å². The van der Waals surface area contributed by atoms with Gasteiger partial charge in [-0.25, -0.2) is 0 Å². The number of hydrogen-bond donors (Lipinski definition) is 0. The van der Waals surface area contributed by atoms with Crippen molar-refractivity contribution in [1.82, 2.24) is 0 Å². The van der Waals surface area contributed by atoms with Crippen LogP contribution in [-0.2, 0) is 5.41 Å². The van der Waals surface area contributed by atoms with Crippen molar-refractivity contribution in [2.24, 2.45) is 0 Å². The monoisotopic (exact) mass is 884 g/mol. The summed E-state index contributed by atoms with van der Waals surface area (Å²) in [4.78, 5) is 4.70. The van der Waals surface area contributed by atoms with Crippen molar-refractivity contribution in [2.75, 3.05) is 9.80 Å². The van der Waals surface area contributed by atoms with E-state index in [4.69, 9.17) is 9.47 Å². The lowest BCUT2D eigenvalue weighted by molar-refractivity contribution is 0.480. The Morgan fingerprint density at radius 2 is 1.18 bits per heavy atom. The number of benzene rings is 8. The number of allylic oxidation sites excluding steroid dienone is 6. The van der Waals surface area contributed by atoms with E-state index in [0.717, 1.165) is 90.8 Å².